The number of ether oxygens (including phenoxy) is 1. The van der Waals surface area contributed by atoms with Gasteiger partial charge in [-0.15, -0.1) is 0 Å². The Morgan fingerprint density at radius 1 is 0.758 bits per heavy atom. The third-order valence-electron chi connectivity index (χ3n) is 5.71. The van der Waals surface area contributed by atoms with Crippen molar-refractivity contribution in [2.24, 2.45) is 10.2 Å². The van der Waals surface area contributed by atoms with Crippen LogP contribution in [0.3, 0.4) is 0 Å². The number of azo groups is 1. The zero-order valence-electron chi connectivity index (χ0n) is 20.1. The first-order valence-corrected chi connectivity index (χ1v) is 12.2. The van der Waals surface area contributed by atoms with Gasteiger partial charge in [-0.1, -0.05) is 52.4 Å². The van der Waals surface area contributed by atoms with Crippen molar-refractivity contribution in [2.75, 3.05) is 26.2 Å². The van der Waals surface area contributed by atoms with Crippen LogP contribution in [-0.4, -0.2) is 36.1 Å². The molecule has 7 nitrogen and oxygen atoms in total. The van der Waals surface area contributed by atoms with Gasteiger partial charge in [0.2, 0.25) is 0 Å². The molecule has 0 unspecified atom stereocenters. The highest BCUT2D eigenvalue weighted by Gasteiger charge is 2.03. The van der Waals surface area contributed by atoms with E-state index in [4.69, 9.17) is 4.74 Å². The first kappa shape index (κ1) is 26.5. The fourth-order valence-corrected chi connectivity index (χ4v) is 3.59. The van der Waals surface area contributed by atoms with Gasteiger partial charge in [-0.2, -0.15) is 10.2 Å². The van der Waals surface area contributed by atoms with E-state index < -0.39 is 4.92 Å². The fraction of sp³-hybridized carbons (Fsp3) is 0.538. The van der Waals surface area contributed by atoms with Gasteiger partial charge in [0.1, 0.15) is 5.75 Å². The number of nitro groups is 1. The zero-order chi connectivity index (χ0) is 23.7. The summed E-state index contributed by atoms with van der Waals surface area (Å²) in [4.78, 5) is 12.7. The molecular weight excluding hydrogens is 416 g/mol. The highest BCUT2D eigenvalue weighted by Crippen LogP contribution is 2.23. The quantitative estimate of drug-likeness (QED) is 0.105. The molecule has 0 atom stereocenters. The van der Waals surface area contributed by atoms with Crippen LogP contribution in [0.25, 0.3) is 0 Å². The lowest BCUT2D eigenvalue weighted by atomic mass is 10.1. The van der Waals surface area contributed by atoms with E-state index in [1.165, 1.54) is 63.6 Å². The van der Waals surface area contributed by atoms with E-state index in [9.17, 15) is 10.1 Å². The number of unbranched alkanes of at least 4 members (excludes halogenated alkanes) is 7. The zero-order valence-corrected chi connectivity index (χ0v) is 20.1. The molecule has 0 aliphatic heterocycles. The highest BCUT2D eigenvalue weighted by molar-refractivity contribution is 5.45. The largest absolute Gasteiger partial charge is 0.494 e. The molecule has 0 spiro atoms. The molecule has 180 valence electrons. The number of nitrogens with zero attached hydrogens (tertiary/aromatic N) is 4. The standard InChI is InChI=1S/C26H38N4O3/c1-3-29(4-2)21-11-9-7-5-6-8-10-12-22-33-26-19-15-24(16-20-26)28-27-23-13-17-25(18-14-23)30(31)32/h13-20H,3-12,21-22H2,1-2H3. The highest BCUT2D eigenvalue weighted by atomic mass is 16.6. The molecule has 2 aromatic carbocycles. The smallest absolute Gasteiger partial charge is 0.269 e. The maximum Gasteiger partial charge on any atom is 0.269 e. The maximum atomic E-state index is 10.7. The normalized spacial score (nSPS) is 11.4. The van der Waals surface area contributed by atoms with E-state index in [1.54, 1.807) is 12.1 Å². The Morgan fingerprint density at radius 2 is 1.24 bits per heavy atom. The molecule has 0 aromatic heterocycles. The van der Waals surface area contributed by atoms with Crippen molar-refractivity contribution in [1.29, 1.82) is 0 Å². The molecule has 7 heteroatoms. The molecule has 0 N–H and O–H groups in total. The summed E-state index contributed by atoms with van der Waals surface area (Å²) in [7, 11) is 0. The second-order valence-corrected chi connectivity index (χ2v) is 8.17. The van der Waals surface area contributed by atoms with Gasteiger partial charge in [0, 0.05) is 12.1 Å². The van der Waals surface area contributed by atoms with Crippen LogP contribution in [0.15, 0.2) is 58.8 Å². The molecule has 2 aromatic rings. The molecular formula is C26H38N4O3. The van der Waals surface area contributed by atoms with Crippen LogP contribution in [-0.2, 0) is 0 Å². The van der Waals surface area contributed by atoms with E-state index in [-0.39, 0.29) is 5.69 Å². The van der Waals surface area contributed by atoms with Gasteiger partial charge in [0.15, 0.2) is 0 Å². The SMILES string of the molecule is CCN(CC)CCCCCCCCCCOc1ccc(N=Nc2ccc([N+](=O)[O-])cc2)cc1. The topological polar surface area (TPSA) is 80.3 Å². The van der Waals surface area contributed by atoms with Gasteiger partial charge in [0.05, 0.1) is 22.9 Å². The first-order valence-electron chi connectivity index (χ1n) is 12.2. The molecule has 0 saturated carbocycles. The van der Waals surface area contributed by atoms with Crippen molar-refractivity contribution in [2.45, 2.75) is 65.2 Å². The Hall–Kier alpha value is -2.80. The number of benzene rings is 2. The number of non-ortho nitro benzene ring substituents is 1. The molecule has 0 saturated heterocycles. The maximum absolute atomic E-state index is 10.7. The third-order valence-corrected chi connectivity index (χ3v) is 5.71. The van der Waals surface area contributed by atoms with E-state index in [2.05, 4.69) is 29.0 Å². The van der Waals surface area contributed by atoms with Gasteiger partial charge < -0.3 is 9.64 Å². The van der Waals surface area contributed by atoms with E-state index in [1.807, 2.05) is 24.3 Å². The molecule has 0 radical (unpaired) electrons. The summed E-state index contributed by atoms with van der Waals surface area (Å²) < 4.78 is 5.82. The van der Waals surface area contributed by atoms with Crippen molar-refractivity contribution in [1.82, 2.24) is 4.90 Å². The van der Waals surface area contributed by atoms with Crippen LogP contribution in [0, 0.1) is 10.1 Å². The van der Waals surface area contributed by atoms with Crippen LogP contribution in [0.2, 0.25) is 0 Å². The Labute approximate surface area is 198 Å². The van der Waals surface area contributed by atoms with E-state index >= 15 is 0 Å². The van der Waals surface area contributed by atoms with E-state index in [0.717, 1.165) is 31.9 Å². The Kier molecular flexibility index (Phi) is 12.8. The van der Waals surface area contributed by atoms with Crippen molar-refractivity contribution in [3.63, 3.8) is 0 Å². The lowest BCUT2D eigenvalue weighted by Crippen LogP contribution is -2.23. The van der Waals surface area contributed by atoms with Crippen LogP contribution in [0.1, 0.15) is 65.2 Å². The fourth-order valence-electron chi connectivity index (χ4n) is 3.59. The number of hydrogen-bond acceptors (Lipinski definition) is 6. The predicted molar refractivity (Wildman–Crippen MR) is 134 cm³/mol. The number of nitro benzene ring substituents is 1. The summed E-state index contributed by atoms with van der Waals surface area (Å²) in [5.74, 6) is 0.831. The molecule has 33 heavy (non-hydrogen) atoms. The van der Waals surface area contributed by atoms with Gasteiger partial charge in [0.25, 0.3) is 5.69 Å². The molecule has 0 heterocycles. The summed E-state index contributed by atoms with van der Waals surface area (Å²) in [5, 5.41) is 19.0. The Morgan fingerprint density at radius 3 is 1.76 bits per heavy atom. The minimum absolute atomic E-state index is 0.0388. The first-order chi connectivity index (χ1) is 16.1. The van der Waals surface area contributed by atoms with Crippen molar-refractivity contribution in [3.05, 3.63) is 58.6 Å². The van der Waals surface area contributed by atoms with Crippen molar-refractivity contribution in [3.8, 4) is 5.75 Å². The van der Waals surface area contributed by atoms with Crippen molar-refractivity contribution >= 4 is 17.1 Å². The second kappa shape index (κ2) is 15.9. The van der Waals surface area contributed by atoms with Gasteiger partial charge >= 0.3 is 0 Å². The molecule has 2 rings (SSSR count). The summed E-state index contributed by atoms with van der Waals surface area (Å²) >= 11 is 0. The number of hydrogen-bond donors (Lipinski definition) is 0. The second-order valence-electron chi connectivity index (χ2n) is 8.17. The van der Waals surface area contributed by atoms with Crippen LogP contribution in [0.5, 0.6) is 5.75 Å². The molecule has 0 aliphatic carbocycles. The third kappa shape index (κ3) is 11.1. The summed E-state index contributed by atoms with van der Waals surface area (Å²) in [5.41, 5.74) is 1.32. The Balaban J connectivity index is 1.53. The van der Waals surface area contributed by atoms with Crippen LogP contribution in [0.4, 0.5) is 17.1 Å². The van der Waals surface area contributed by atoms with Crippen LogP contribution < -0.4 is 4.74 Å². The lowest BCUT2D eigenvalue weighted by Gasteiger charge is -2.17. The summed E-state index contributed by atoms with van der Waals surface area (Å²) in [6.45, 7) is 8.78. The van der Waals surface area contributed by atoms with Crippen LogP contribution >= 0.6 is 0 Å². The average molecular weight is 455 g/mol. The minimum atomic E-state index is -0.434. The van der Waals surface area contributed by atoms with Gasteiger partial charge in [-0.3, -0.25) is 10.1 Å². The molecule has 0 aliphatic rings. The minimum Gasteiger partial charge on any atom is -0.494 e. The number of rotatable bonds is 17. The molecule has 0 amide bonds. The lowest BCUT2D eigenvalue weighted by molar-refractivity contribution is -0.384. The Bertz CT molecular complexity index is 818. The molecule has 0 fully saturated rings. The molecule has 0 bridgehead atoms. The summed E-state index contributed by atoms with van der Waals surface area (Å²) in [6.07, 6.45) is 10.3. The van der Waals surface area contributed by atoms with Crippen molar-refractivity contribution < 1.29 is 9.66 Å². The van der Waals surface area contributed by atoms with Gasteiger partial charge in [-0.05, 0) is 68.9 Å². The predicted octanol–water partition coefficient (Wildman–Crippen LogP) is 7.85. The monoisotopic (exact) mass is 454 g/mol. The van der Waals surface area contributed by atoms with E-state index in [0.29, 0.717) is 11.4 Å². The summed E-state index contributed by atoms with van der Waals surface area (Å²) in [6, 6.07) is 13.5. The average Bonchev–Trinajstić information content (AvgIpc) is 2.84. The van der Waals surface area contributed by atoms with Gasteiger partial charge in [-0.25, -0.2) is 0 Å².